The number of piperidine rings is 1. The molecule has 2 saturated heterocycles. The maximum atomic E-state index is 4.89. The maximum Gasteiger partial charge on any atom is 0.225 e. The molecule has 130 valence electrons. The zero-order valence-corrected chi connectivity index (χ0v) is 14.6. The molecular formula is C20H25N5. The second-order valence-electron chi connectivity index (χ2n) is 7.39. The molecule has 1 aromatic carbocycles. The van der Waals surface area contributed by atoms with Gasteiger partial charge < -0.3 is 9.80 Å². The van der Waals surface area contributed by atoms with Gasteiger partial charge in [-0.2, -0.15) is 0 Å². The summed E-state index contributed by atoms with van der Waals surface area (Å²) in [5.74, 6) is 0.918. The molecule has 3 aliphatic rings. The molecule has 3 aliphatic heterocycles. The van der Waals surface area contributed by atoms with Crippen molar-refractivity contribution in [3.63, 3.8) is 0 Å². The number of fused-ring (bicyclic) bond motifs is 1. The topological polar surface area (TPSA) is 35.5 Å². The van der Waals surface area contributed by atoms with E-state index in [1.54, 1.807) is 0 Å². The average Bonchev–Trinajstić information content (AvgIpc) is 3.05. The Bertz CT molecular complexity index is 735. The molecule has 5 heteroatoms. The number of para-hydroxylation sites is 1. The molecule has 5 nitrogen and oxygen atoms in total. The van der Waals surface area contributed by atoms with Gasteiger partial charge in [-0.05, 0) is 38.1 Å². The molecular weight excluding hydrogens is 310 g/mol. The molecule has 0 N–H and O–H groups in total. The number of aromatic nitrogens is 2. The summed E-state index contributed by atoms with van der Waals surface area (Å²) in [5.41, 5.74) is 3.59. The Morgan fingerprint density at radius 1 is 0.920 bits per heavy atom. The highest BCUT2D eigenvalue weighted by atomic mass is 15.4. The second kappa shape index (κ2) is 6.30. The summed E-state index contributed by atoms with van der Waals surface area (Å²) in [7, 11) is 0. The number of hydrogen-bond donors (Lipinski definition) is 0. The molecule has 0 aliphatic carbocycles. The Kier molecular flexibility index (Phi) is 3.82. The van der Waals surface area contributed by atoms with Crippen LogP contribution in [0.5, 0.6) is 0 Å². The van der Waals surface area contributed by atoms with Crippen molar-refractivity contribution in [2.24, 2.45) is 0 Å². The molecule has 25 heavy (non-hydrogen) atoms. The third-order valence-corrected chi connectivity index (χ3v) is 5.82. The van der Waals surface area contributed by atoms with Gasteiger partial charge in [0.15, 0.2) is 0 Å². The molecule has 4 heterocycles. The van der Waals surface area contributed by atoms with E-state index in [1.807, 2.05) is 6.20 Å². The van der Waals surface area contributed by atoms with E-state index in [2.05, 4.69) is 50.0 Å². The smallest absolute Gasteiger partial charge is 0.225 e. The van der Waals surface area contributed by atoms with Gasteiger partial charge in [0.05, 0.1) is 17.6 Å². The van der Waals surface area contributed by atoms with E-state index in [4.69, 9.17) is 4.98 Å². The van der Waals surface area contributed by atoms with Gasteiger partial charge in [0.2, 0.25) is 5.95 Å². The Morgan fingerprint density at radius 3 is 2.52 bits per heavy atom. The van der Waals surface area contributed by atoms with Crippen molar-refractivity contribution in [1.29, 1.82) is 0 Å². The van der Waals surface area contributed by atoms with Crippen LogP contribution in [-0.2, 0) is 6.42 Å². The van der Waals surface area contributed by atoms with E-state index in [1.165, 1.54) is 49.4 Å². The van der Waals surface area contributed by atoms with Crippen LogP contribution in [-0.4, -0.2) is 53.6 Å². The molecule has 0 unspecified atom stereocenters. The summed E-state index contributed by atoms with van der Waals surface area (Å²) < 4.78 is 0. The van der Waals surface area contributed by atoms with E-state index >= 15 is 0 Å². The van der Waals surface area contributed by atoms with E-state index < -0.39 is 0 Å². The third-order valence-electron chi connectivity index (χ3n) is 5.82. The second-order valence-corrected chi connectivity index (χ2v) is 7.39. The van der Waals surface area contributed by atoms with Crippen LogP contribution in [0.1, 0.15) is 25.0 Å². The lowest BCUT2D eigenvalue weighted by Crippen LogP contribution is -2.60. The normalized spacial score (nSPS) is 21.3. The molecule has 2 aromatic rings. The number of hydrogen-bond acceptors (Lipinski definition) is 5. The summed E-state index contributed by atoms with van der Waals surface area (Å²) in [4.78, 5) is 16.9. The maximum absolute atomic E-state index is 4.89. The Morgan fingerprint density at radius 2 is 1.72 bits per heavy atom. The van der Waals surface area contributed by atoms with E-state index in [0.29, 0.717) is 6.04 Å². The first-order chi connectivity index (χ1) is 12.4. The molecule has 0 radical (unpaired) electrons. The molecule has 0 amide bonds. The van der Waals surface area contributed by atoms with E-state index in [9.17, 15) is 0 Å². The highest BCUT2D eigenvalue weighted by Crippen LogP contribution is 2.34. The first-order valence-electron chi connectivity index (χ1n) is 9.56. The van der Waals surface area contributed by atoms with Crippen LogP contribution >= 0.6 is 0 Å². The largest absolute Gasteiger partial charge is 0.338 e. The standard InChI is InChI=1S/C20H25N5/c1-3-7-16(8-4-1)25-12-9-18-19(25)13-21-20(22-18)24-14-17(15-24)23-10-5-2-6-11-23/h1,3-4,7-8,13,17H,2,5-6,9-12,14-15H2. The zero-order chi connectivity index (χ0) is 16.6. The Balaban J connectivity index is 1.28. The van der Waals surface area contributed by atoms with Gasteiger partial charge in [0.1, 0.15) is 0 Å². The molecule has 0 spiro atoms. The number of rotatable bonds is 3. The monoisotopic (exact) mass is 335 g/mol. The fourth-order valence-electron chi connectivity index (χ4n) is 4.31. The molecule has 0 atom stereocenters. The van der Waals surface area contributed by atoms with Crippen molar-refractivity contribution in [3.05, 3.63) is 42.2 Å². The highest BCUT2D eigenvalue weighted by molar-refractivity contribution is 5.68. The van der Waals surface area contributed by atoms with Gasteiger partial charge in [-0.1, -0.05) is 24.6 Å². The van der Waals surface area contributed by atoms with E-state index in [-0.39, 0.29) is 0 Å². The van der Waals surface area contributed by atoms with E-state index in [0.717, 1.165) is 32.0 Å². The molecule has 0 saturated carbocycles. The van der Waals surface area contributed by atoms with Gasteiger partial charge in [-0.25, -0.2) is 9.97 Å². The molecule has 2 fully saturated rings. The number of likely N-dealkylation sites (tertiary alicyclic amines) is 1. The minimum absolute atomic E-state index is 0.706. The van der Waals surface area contributed by atoms with Crippen molar-refractivity contribution in [2.45, 2.75) is 31.7 Å². The third kappa shape index (κ3) is 2.76. The minimum atomic E-state index is 0.706. The lowest BCUT2D eigenvalue weighted by atomic mass is 10.0. The van der Waals surface area contributed by atoms with Crippen molar-refractivity contribution < 1.29 is 0 Å². The van der Waals surface area contributed by atoms with Crippen LogP contribution in [0.2, 0.25) is 0 Å². The molecule has 5 rings (SSSR count). The van der Waals surface area contributed by atoms with Gasteiger partial charge in [0, 0.05) is 37.8 Å². The fourth-order valence-corrected chi connectivity index (χ4v) is 4.31. The van der Waals surface area contributed by atoms with Crippen LogP contribution in [0.3, 0.4) is 0 Å². The van der Waals surface area contributed by atoms with Gasteiger partial charge in [0.25, 0.3) is 0 Å². The summed E-state index contributed by atoms with van der Waals surface area (Å²) in [6.07, 6.45) is 7.15. The first-order valence-corrected chi connectivity index (χ1v) is 9.56. The Hall–Kier alpha value is -2.14. The molecule has 1 aromatic heterocycles. The molecule has 0 bridgehead atoms. The van der Waals surface area contributed by atoms with Crippen molar-refractivity contribution >= 4 is 17.3 Å². The lowest BCUT2D eigenvalue weighted by molar-refractivity contribution is 0.138. The minimum Gasteiger partial charge on any atom is -0.338 e. The summed E-state index contributed by atoms with van der Waals surface area (Å²) in [5, 5.41) is 0. The Labute approximate surface area is 149 Å². The summed E-state index contributed by atoms with van der Waals surface area (Å²) in [6, 6.07) is 11.2. The van der Waals surface area contributed by atoms with Gasteiger partial charge in [-0.15, -0.1) is 0 Å². The summed E-state index contributed by atoms with van der Waals surface area (Å²) >= 11 is 0. The van der Waals surface area contributed by atoms with Crippen LogP contribution in [0.15, 0.2) is 36.5 Å². The zero-order valence-electron chi connectivity index (χ0n) is 14.6. The van der Waals surface area contributed by atoms with Crippen LogP contribution in [0.25, 0.3) is 0 Å². The van der Waals surface area contributed by atoms with Crippen molar-refractivity contribution in [1.82, 2.24) is 14.9 Å². The fraction of sp³-hybridized carbons (Fsp3) is 0.500. The van der Waals surface area contributed by atoms with Crippen molar-refractivity contribution in [3.8, 4) is 0 Å². The van der Waals surface area contributed by atoms with Crippen LogP contribution in [0, 0.1) is 0 Å². The lowest BCUT2D eigenvalue weighted by Gasteiger charge is -2.46. The van der Waals surface area contributed by atoms with Gasteiger partial charge in [-0.3, -0.25) is 4.90 Å². The number of anilines is 3. The predicted molar refractivity (Wildman–Crippen MR) is 101 cm³/mol. The quantitative estimate of drug-likeness (QED) is 0.862. The van der Waals surface area contributed by atoms with Crippen LogP contribution in [0.4, 0.5) is 17.3 Å². The SMILES string of the molecule is c1ccc(N2CCc3nc(N4CC(N5CCCCC5)C4)ncc32)cc1. The van der Waals surface area contributed by atoms with Gasteiger partial charge >= 0.3 is 0 Å². The summed E-state index contributed by atoms with van der Waals surface area (Å²) in [6.45, 7) is 5.71. The first kappa shape index (κ1) is 15.1. The highest BCUT2D eigenvalue weighted by Gasteiger charge is 2.34. The average molecular weight is 335 g/mol. The number of benzene rings is 1. The predicted octanol–water partition coefficient (Wildman–Crippen LogP) is 2.85. The van der Waals surface area contributed by atoms with Crippen molar-refractivity contribution in [2.75, 3.05) is 42.5 Å². The number of nitrogens with zero attached hydrogens (tertiary/aromatic N) is 5. The van der Waals surface area contributed by atoms with Crippen LogP contribution < -0.4 is 9.80 Å².